The highest BCUT2D eigenvalue weighted by Gasteiger charge is 2.05. The first-order chi connectivity index (χ1) is 4.66. The van der Waals surface area contributed by atoms with E-state index in [0.29, 0.717) is 6.61 Å². The summed E-state index contributed by atoms with van der Waals surface area (Å²) in [5.74, 6) is 0. The predicted molar refractivity (Wildman–Crippen MR) is 34.4 cm³/mol. The molecule has 0 bridgehead atoms. The normalized spacial score (nSPS) is 12.3. The van der Waals surface area contributed by atoms with E-state index in [1.807, 2.05) is 6.92 Å². The van der Waals surface area contributed by atoms with Crippen LogP contribution in [-0.2, 0) is 9.47 Å². The van der Waals surface area contributed by atoms with Crippen molar-refractivity contribution in [1.82, 2.24) is 0 Å². The minimum Gasteiger partial charge on any atom is -0.434 e. The summed E-state index contributed by atoms with van der Waals surface area (Å²) in [6, 6.07) is 0. The minimum atomic E-state index is -1.09. The third-order valence-electron chi connectivity index (χ3n) is 0.691. The fourth-order valence-corrected chi connectivity index (χ4v) is 0.359. The number of aliphatic hydroxyl groups excluding tert-OH is 1. The van der Waals surface area contributed by atoms with Crippen molar-refractivity contribution < 1.29 is 19.4 Å². The van der Waals surface area contributed by atoms with Crippen LogP contribution in [0.2, 0.25) is 0 Å². The largest absolute Gasteiger partial charge is 0.510 e. The maximum Gasteiger partial charge on any atom is 0.510 e. The van der Waals surface area contributed by atoms with Gasteiger partial charge in [0.15, 0.2) is 0 Å². The van der Waals surface area contributed by atoms with Crippen LogP contribution >= 0.6 is 0 Å². The number of carbonyl (C=O) groups is 1. The average Bonchev–Trinajstić information content (AvgIpc) is 1.82. The van der Waals surface area contributed by atoms with Crippen LogP contribution in [0.3, 0.4) is 0 Å². The number of ether oxygens (including phenoxy) is 2. The van der Waals surface area contributed by atoms with Gasteiger partial charge in [-0.3, -0.25) is 0 Å². The Hall–Kier alpha value is -0.770. The molecule has 4 heteroatoms. The highest BCUT2D eigenvalue weighted by Crippen LogP contribution is 1.90. The molecule has 0 amide bonds. The zero-order valence-corrected chi connectivity index (χ0v) is 6.16. The summed E-state index contributed by atoms with van der Waals surface area (Å²) in [5, 5.41) is 8.50. The van der Waals surface area contributed by atoms with Crippen LogP contribution in [0, 0.1) is 0 Å². The molecule has 1 atom stereocenters. The van der Waals surface area contributed by atoms with Crippen LogP contribution in [0.4, 0.5) is 4.79 Å². The van der Waals surface area contributed by atoms with Gasteiger partial charge in [-0.05, 0) is 13.3 Å². The molecule has 0 saturated heterocycles. The highest BCUT2D eigenvalue weighted by atomic mass is 16.8. The zero-order chi connectivity index (χ0) is 7.98. The summed E-state index contributed by atoms with van der Waals surface area (Å²) in [7, 11) is 0. The fourth-order valence-electron chi connectivity index (χ4n) is 0.359. The Kier molecular flexibility index (Phi) is 4.66. The second-order valence-corrected chi connectivity index (χ2v) is 1.82. The van der Waals surface area contributed by atoms with Gasteiger partial charge in [-0.1, -0.05) is 6.92 Å². The molecule has 0 aromatic carbocycles. The molecule has 0 aromatic heterocycles. The van der Waals surface area contributed by atoms with Gasteiger partial charge < -0.3 is 14.6 Å². The van der Waals surface area contributed by atoms with E-state index in [0.717, 1.165) is 6.42 Å². The fraction of sp³-hybridized carbons (Fsp3) is 0.833. The molecule has 4 nitrogen and oxygen atoms in total. The lowest BCUT2D eigenvalue weighted by molar-refractivity contribution is -0.0681. The number of hydrogen-bond donors (Lipinski definition) is 1. The molecule has 1 unspecified atom stereocenters. The van der Waals surface area contributed by atoms with E-state index in [-0.39, 0.29) is 0 Å². The van der Waals surface area contributed by atoms with Gasteiger partial charge in [0, 0.05) is 0 Å². The summed E-state index contributed by atoms with van der Waals surface area (Å²) < 4.78 is 8.73. The van der Waals surface area contributed by atoms with Crippen LogP contribution in [-0.4, -0.2) is 24.2 Å². The Labute approximate surface area is 59.7 Å². The Morgan fingerprint density at radius 2 is 2.30 bits per heavy atom. The van der Waals surface area contributed by atoms with Gasteiger partial charge >= 0.3 is 6.16 Å². The number of rotatable bonds is 3. The predicted octanol–water partition coefficient (Wildman–Crippen LogP) is 0.888. The second kappa shape index (κ2) is 5.05. The van der Waals surface area contributed by atoms with Crippen LogP contribution in [0.5, 0.6) is 0 Å². The quantitative estimate of drug-likeness (QED) is 0.477. The number of aliphatic hydroxyl groups is 1. The number of hydrogen-bond acceptors (Lipinski definition) is 4. The molecule has 60 valence electrons. The zero-order valence-electron chi connectivity index (χ0n) is 6.16. The Bertz CT molecular complexity index is 99.9. The third kappa shape index (κ3) is 5.37. The van der Waals surface area contributed by atoms with E-state index in [4.69, 9.17) is 5.11 Å². The first kappa shape index (κ1) is 9.23. The monoisotopic (exact) mass is 148 g/mol. The molecular formula is C6H12O4. The SMILES string of the molecule is CCCOC(=O)OC(C)O. The molecule has 0 rings (SSSR count). The van der Waals surface area contributed by atoms with E-state index in [1.165, 1.54) is 6.92 Å². The first-order valence-corrected chi connectivity index (χ1v) is 3.18. The van der Waals surface area contributed by atoms with E-state index in [9.17, 15) is 4.79 Å². The van der Waals surface area contributed by atoms with Crippen molar-refractivity contribution in [1.29, 1.82) is 0 Å². The maximum absolute atomic E-state index is 10.4. The van der Waals surface area contributed by atoms with E-state index < -0.39 is 12.4 Å². The lowest BCUT2D eigenvalue weighted by atomic mass is 10.5. The molecule has 10 heavy (non-hydrogen) atoms. The number of carbonyl (C=O) groups excluding carboxylic acids is 1. The van der Waals surface area contributed by atoms with Gasteiger partial charge in [-0.2, -0.15) is 0 Å². The summed E-state index contributed by atoms with van der Waals surface area (Å²) in [4.78, 5) is 10.4. The van der Waals surface area contributed by atoms with Gasteiger partial charge in [0.05, 0.1) is 6.61 Å². The summed E-state index contributed by atoms with van der Waals surface area (Å²) in [6.45, 7) is 3.54. The van der Waals surface area contributed by atoms with Crippen molar-refractivity contribution in [3.63, 3.8) is 0 Å². The minimum absolute atomic E-state index is 0.325. The summed E-state index contributed by atoms with van der Waals surface area (Å²) >= 11 is 0. The summed E-state index contributed by atoms with van der Waals surface area (Å²) in [6.07, 6.45) is -1.17. The molecule has 0 aromatic rings. The maximum atomic E-state index is 10.4. The third-order valence-corrected chi connectivity index (χ3v) is 0.691. The van der Waals surface area contributed by atoms with Crippen molar-refractivity contribution in [3.05, 3.63) is 0 Å². The molecule has 0 radical (unpaired) electrons. The van der Waals surface area contributed by atoms with Crippen molar-refractivity contribution in [2.75, 3.05) is 6.61 Å². The van der Waals surface area contributed by atoms with Gasteiger partial charge in [0.1, 0.15) is 0 Å². The van der Waals surface area contributed by atoms with E-state index >= 15 is 0 Å². The Morgan fingerprint density at radius 1 is 1.70 bits per heavy atom. The van der Waals surface area contributed by atoms with Crippen molar-refractivity contribution in [3.8, 4) is 0 Å². The van der Waals surface area contributed by atoms with E-state index in [2.05, 4.69) is 9.47 Å². The van der Waals surface area contributed by atoms with Crippen LogP contribution in [0.1, 0.15) is 20.3 Å². The summed E-state index contributed by atoms with van der Waals surface area (Å²) in [5.41, 5.74) is 0. The molecular weight excluding hydrogens is 136 g/mol. The second-order valence-electron chi connectivity index (χ2n) is 1.82. The Morgan fingerprint density at radius 3 is 2.70 bits per heavy atom. The van der Waals surface area contributed by atoms with Crippen molar-refractivity contribution in [2.24, 2.45) is 0 Å². The van der Waals surface area contributed by atoms with Crippen molar-refractivity contribution >= 4 is 6.16 Å². The van der Waals surface area contributed by atoms with Crippen LogP contribution in [0.25, 0.3) is 0 Å². The average molecular weight is 148 g/mol. The molecule has 0 saturated carbocycles. The lowest BCUT2D eigenvalue weighted by Crippen LogP contribution is -2.15. The molecule has 0 aliphatic rings. The molecule has 1 N–H and O–H groups in total. The van der Waals surface area contributed by atoms with Crippen LogP contribution in [0.15, 0.2) is 0 Å². The highest BCUT2D eigenvalue weighted by molar-refractivity contribution is 5.59. The van der Waals surface area contributed by atoms with Crippen LogP contribution < -0.4 is 0 Å². The van der Waals surface area contributed by atoms with Gasteiger partial charge in [0.2, 0.25) is 6.29 Å². The van der Waals surface area contributed by atoms with E-state index in [1.54, 1.807) is 0 Å². The van der Waals surface area contributed by atoms with Gasteiger partial charge in [-0.15, -0.1) is 0 Å². The molecule has 0 fully saturated rings. The smallest absolute Gasteiger partial charge is 0.434 e. The first-order valence-electron chi connectivity index (χ1n) is 3.18. The molecule has 0 spiro atoms. The Balaban J connectivity index is 3.26. The van der Waals surface area contributed by atoms with Crippen molar-refractivity contribution in [2.45, 2.75) is 26.6 Å². The molecule has 0 aliphatic heterocycles. The molecule has 0 aliphatic carbocycles. The van der Waals surface area contributed by atoms with Gasteiger partial charge in [0.25, 0.3) is 0 Å². The molecule has 0 heterocycles. The lowest BCUT2D eigenvalue weighted by Gasteiger charge is -2.05. The topological polar surface area (TPSA) is 55.8 Å². The van der Waals surface area contributed by atoms with Gasteiger partial charge in [-0.25, -0.2) is 4.79 Å². The standard InChI is InChI=1S/C6H12O4/c1-3-4-9-6(8)10-5(2)7/h5,7H,3-4H2,1-2H3.